The van der Waals surface area contributed by atoms with E-state index in [-0.39, 0.29) is 19.0 Å². The molecule has 0 aliphatic heterocycles. The van der Waals surface area contributed by atoms with Gasteiger partial charge >= 0.3 is 5.97 Å². The van der Waals surface area contributed by atoms with Gasteiger partial charge in [-0.1, -0.05) is 0 Å². The molecule has 20 heavy (non-hydrogen) atoms. The molecule has 0 radical (unpaired) electrons. The maximum absolute atomic E-state index is 11.4. The monoisotopic (exact) mass is 291 g/mol. The Morgan fingerprint density at radius 2 is 1.85 bits per heavy atom. The second-order valence-corrected chi connectivity index (χ2v) is 3.69. The fraction of sp³-hybridized carbons (Fsp3) is 0.700. The molecule has 1 amide bonds. The Morgan fingerprint density at radius 3 is 2.40 bits per heavy atom. The summed E-state index contributed by atoms with van der Waals surface area (Å²) in [5.74, 6) is -1.81. The Hall–Kier alpha value is -1.91. The average molecular weight is 291 g/mol. The Balaban J connectivity index is 3.96. The predicted octanol–water partition coefficient (Wildman–Crippen LogP) is -4.14. The van der Waals surface area contributed by atoms with E-state index in [4.69, 9.17) is 11.5 Å². The highest BCUT2D eigenvalue weighted by Crippen LogP contribution is 1.96. The van der Waals surface area contributed by atoms with Crippen LogP contribution in [-0.2, 0) is 14.3 Å². The summed E-state index contributed by atoms with van der Waals surface area (Å²) in [7, 11) is 1.03. The van der Waals surface area contributed by atoms with Crippen LogP contribution in [-0.4, -0.2) is 73.5 Å². The lowest BCUT2D eigenvalue weighted by atomic mass is 10.2. The fourth-order valence-electron chi connectivity index (χ4n) is 1.11. The van der Waals surface area contributed by atoms with E-state index in [0.29, 0.717) is 13.1 Å². The number of nitrogens with one attached hydrogen (secondary N) is 2. The number of esters is 1. The van der Waals surface area contributed by atoms with Crippen molar-refractivity contribution in [1.29, 1.82) is 0 Å². The second-order valence-electron chi connectivity index (χ2n) is 3.69. The molecule has 10 heteroatoms. The van der Waals surface area contributed by atoms with Crippen LogP contribution in [0.5, 0.6) is 0 Å². The Kier molecular flexibility index (Phi) is 9.00. The number of aliphatic imine (C=N–C) groups is 1. The van der Waals surface area contributed by atoms with E-state index in [1.54, 1.807) is 0 Å². The second kappa shape index (κ2) is 9.95. The lowest BCUT2D eigenvalue weighted by Gasteiger charge is -2.15. The fourth-order valence-corrected chi connectivity index (χ4v) is 1.11. The summed E-state index contributed by atoms with van der Waals surface area (Å²) in [6.07, 6.45) is -3.82. The number of guanidine groups is 1. The van der Waals surface area contributed by atoms with Gasteiger partial charge in [0, 0.05) is 19.6 Å². The highest BCUT2D eigenvalue weighted by Gasteiger charge is 2.30. The first-order valence-corrected chi connectivity index (χ1v) is 5.89. The lowest BCUT2D eigenvalue weighted by Crippen LogP contribution is -2.48. The van der Waals surface area contributed by atoms with E-state index in [1.807, 2.05) is 0 Å². The Bertz CT molecular complexity index is 349. The van der Waals surface area contributed by atoms with Crippen molar-refractivity contribution in [2.45, 2.75) is 12.2 Å². The number of nitrogens with two attached hydrogens (primary N) is 2. The third-order valence-electron chi connectivity index (χ3n) is 2.15. The maximum Gasteiger partial charge on any atom is 0.338 e. The average Bonchev–Trinajstić information content (AvgIpc) is 2.46. The SMILES string of the molecule is COC(=O)[C@H](O)[C@@H](O)C(=O)NCCNC(N)=NCCN. The molecule has 116 valence electrons. The number of nitrogens with zero attached hydrogens (tertiary/aromatic N) is 1. The zero-order chi connectivity index (χ0) is 15.5. The number of ether oxygens (including phenoxy) is 1. The summed E-state index contributed by atoms with van der Waals surface area (Å²) in [6.45, 7) is 1.13. The summed E-state index contributed by atoms with van der Waals surface area (Å²) in [5, 5.41) is 23.6. The van der Waals surface area contributed by atoms with Crippen LogP contribution in [0.1, 0.15) is 0 Å². The molecule has 10 nitrogen and oxygen atoms in total. The van der Waals surface area contributed by atoms with Crippen LogP contribution in [0.4, 0.5) is 0 Å². The largest absolute Gasteiger partial charge is 0.467 e. The standard InChI is InChI=1S/C10H21N5O5/c1-20-9(19)7(17)6(16)8(18)13-4-5-15-10(12)14-3-2-11/h6-7,16-17H,2-5,11H2,1H3,(H,13,18)(H3,12,14,15)/t6-,7-/m1/s1. The van der Waals surface area contributed by atoms with Crippen LogP contribution in [0.25, 0.3) is 0 Å². The highest BCUT2D eigenvalue weighted by atomic mass is 16.5. The van der Waals surface area contributed by atoms with Gasteiger partial charge in [-0.05, 0) is 0 Å². The van der Waals surface area contributed by atoms with Crippen LogP contribution in [0.15, 0.2) is 4.99 Å². The lowest BCUT2D eigenvalue weighted by molar-refractivity contribution is -0.161. The van der Waals surface area contributed by atoms with Crippen LogP contribution in [0.3, 0.4) is 0 Å². The minimum Gasteiger partial charge on any atom is -0.467 e. The van der Waals surface area contributed by atoms with E-state index >= 15 is 0 Å². The van der Waals surface area contributed by atoms with Crippen molar-refractivity contribution in [2.24, 2.45) is 16.5 Å². The van der Waals surface area contributed by atoms with E-state index in [1.165, 1.54) is 0 Å². The topological polar surface area (TPSA) is 172 Å². The van der Waals surface area contributed by atoms with E-state index in [0.717, 1.165) is 7.11 Å². The molecular weight excluding hydrogens is 270 g/mol. The third-order valence-corrected chi connectivity index (χ3v) is 2.15. The third kappa shape index (κ3) is 6.87. The number of carbonyl (C=O) groups excluding carboxylic acids is 2. The molecule has 0 aromatic rings. The van der Waals surface area contributed by atoms with Gasteiger partial charge in [0.25, 0.3) is 5.91 Å². The van der Waals surface area contributed by atoms with Crippen LogP contribution in [0.2, 0.25) is 0 Å². The number of carbonyl (C=O) groups is 2. The number of methoxy groups -OCH3 is 1. The summed E-state index contributed by atoms with van der Waals surface area (Å²) in [6, 6.07) is 0. The summed E-state index contributed by atoms with van der Waals surface area (Å²) in [5.41, 5.74) is 10.7. The molecule has 8 N–H and O–H groups in total. The number of hydrogen-bond donors (Lipinski definition) is 6. The molecule has 0 fully saturated rings. The molecule has 2 atom stereocenters. The highest BCUT2D eigenvalue weighted by molar-refractivity contribution is 5.88. The molecule has 0 aromatic carbocycles. The summed E-state index contributed by atoms with van der Waals surface area (Å²) in [4.78, 5) is 26.1. The number of aliphatic hydroxyl groups is 2. The molecule has 0 saturated carbocycles. The van der Waals surface area contributed by atoms with Crippen molar-refractivity contribution in [3.63, 3.8) is 0 Å². The number of rotatable bonds is 8. The van der Waals surface area contributed by atoms with Gasteiger partial charge in [-0.25, -0.2) is 4.79 Å². The van der Waals surface area contributed by atoms with E-state index in [9.17, 15) is 19.8 Å². The first-order chi connectivity index (χ1) is 9.43. The van der Waals surface area contributed by atoms with Crippen molar-refractivity contribution >= 4 is 17.8 Å². The zero-order valence-corrected chi connectivity index (χ0v) is 11.2. The summed E-state index contributed by atoms with van der Waals surface area (Å²) < 4.78 is 4.19. The molecule has 0 aliphatic carbocycles. The van der Waals surface area contributed by atoms with Gasteiger partial charge in [0.1, 0.15) is 0 Å². The number of hydrogen-bond acceptors (Lipinski definition) is 7. The van der Waals surface area contributed by atoms with Gasteiger partial charge in [0.05, 0.1) is 13.7 Å². The maximum atomic E-state index is 11.4. The van der Waals surface area contributed by atoms with Crippen molar-refractivity contribution < 1.29 is 24.5 Å². The van der Waals surface area contributed by atoms with Gasteiger partial charge < -0.3 is 37.1 Å². The molecule has 0 bridgehead atoms. The smallest absolute Gasteiger partial charge is 0.338 e. The van der Waals surface area contributed by atoms with Crippen LogP contribution >= 0.6 is 0 Å². The number of amides is 1. The van der Waals surface area contributed by atoms with Crippen molar-refractivity contribution in [1.82, 2.24) is 10.6 Å². The molecule has 0 rings (SSSR count). The minimum atomic E-state index is -1.93. The Labute approximate surface area is 116 Å². The molecule has 0 unspecified atom stereocenters. The molecule has 0 spiro atoms. The molecule has 0 heterocycles. The molecule has 0 aromatic heterocycles. The van der Waals surface area contributed by atoms with Crippen molar-refractivity contribution in [3.8, 4) is 0 Å². The van der Waals surface area contributed by atoms with Crippen molar-refractivity contribution in [3.05, 3.63) is 0 Å². The molecular formula is C10H21N5O5. The van der Waals surface area contributed by atoms with Gasteiger partial charge in [-0.3, -0.25) is 9.79 Å². The minimum absolute atomic E-state index is 0.114. The van der Waals surface area contributed by atoms with Gasteiger partial charge in [0.15, 0.2) is 18.2 Å². The quantitative estimate of drug-likeness (QED) is 0.113. The predicted molar refractivity (Wildman–Crippen MR) is 70.6 cm³/mol. The normalized spacial score (nSPS) is 14.3. The molecule has 0 saturated heterocycles. The van der Waals surface area contributed by atoms with E-state index in [2.05, 4.69) is 20.4 Å². The van der Waals surface area contributed by atoms with Crippen LogP contribution in [0, 0.1) is 0 Å². The summed E-state index contributed by atoms with van der Waals surface area (Å²) >= 11 is 0. The Morgan fingerprint density at radius 1 is 1.25 bits per heavy atom. The van der Waals surface area contributed by atoms with E-state index < -0.39 is 24.1 Å². The van der Waals surface area contributed by atoms with Gasteiger partial charge in [-0.2, -0.15) is 0 Å². The number of aliphatic hydroxyl groups excluding tert-OH is 2. The molecule has 0 aliphatic rings. The first-order valence-electron chi connectivity index (χ1n) is 5.89. The first kappa shape index (κ1) is 18.1. The van der Waals surface area contributed by atoms with Crippen molar-refractivity contribution in [2.75, 3.05) is 33.3 Å². The zero-order valence-electron chi connectivity index (χ0n) is 11.2. The van der Waals surface area contributed by atoms with Crippen LogP contribution < -0.4 is 22.1 Å². The van der Waals surface area contributed by atoms with Gasteiger partial charge in [0.2, 0.25) is 0 Å². The van der Waals surface area contributed by atoms with Gasteiger partial charge in [-0.15, -0.1) is 0 Å².